The van der Waals surface area contributed by atoms with Gasteiger partial charge in [0.2, 0.25) is 0 Å². The molecule has 0 spiro atoms. The van der Waals surface area contributed by atoms with Gasteiger partial charge >= 0.3 is 0 Å². The molecular weight excluding hydrogens is 240 g/mol. The molecule has 0 aliphatic heterocycles. The first-order chi connectivity index (χ1) is 9.17. The van der Waals surface area contributed by atoms with Crippen LogP contribution in [-0.2, 0) is 13.5 Å². The van der Waals surface area contributed by atoms with Crippen molar-refractivity contribution in [2.45, 2.75) is 25.2 Å². The van der Waals surface area contributed by atoms with Crippen molar-refractivity contribution in [1.29, 1.82) is 0 Å². The van der Waals surface area contributed by atoms with Gasteiger partial charge in [-0.25, -0.2) is 4.98 Å². The van der Waals surface area contributed by atoms with Crippen molar-refractivity contribution >= 4 is 5.69 Å². The summed E-state index contributed by atoms with van der Waals surface area (Å²) in [5, 5.41) is 4.47. The Labute approximate surface area is 112 Å². The van der Waals surface area contributed by atoms with Crippen LogP contribution in [0, 0.1) is 0 Å². The molecule has 1 aromatic carbocycles. The number of aromatic nitrogens is 3. The maximum absolute atomic E-state index is 5.92. The van der Waals surface area contributed by atoms with Gasteiger partial charge in [-0.1, -0.05) is 6.07 Å². The number of nitrogens with zero attached hydrogens (tertiary/aromatic N) is 3. The molecule has 0 atom stereocenters. The summed E-state index contributed by atoms with van der Waals surface area (Å²) in [4.78, 5) is 4.62. The van der Waals surface area contributed by atoms with Crippen molar-refractivity contribution in [3.05, 3.63) is 35.4 Å². The zero-order valence-corrected chi connectivity index (χ0v) is 11.3. The summed E-state index contributed by atoms with van der Waals surface area (Å²) < 4.78 is 7.03. The van der Waals surface area contributed by atoms with Crippen LogP contribution in [0.25, 0.3) is 0 Å². The molecule has 19 heavy (non-hydrogen) atoms. The molecule has 2 N–H and O–H groups in total. The van der Waals surface area contributed by atoms with Crippen LogP contribution in [0.5, 0.6) is 5.75 Å². The average Bonchev–Trinajstić information content (AvgIpc) is 3.16. The minimum atomic E-state index is 0.584. The fourth-order valence-corrected chi connectivity index (χ4v) is 2.18. The van der Waals surface area contributed by atoms with Crippen LogP contribution in [0.3, 0.4) is 0 Å². The highest BCUT2D eigenvalue weighted by Gasteiger charge is 2.28. The van der Waals surface area contributed by atoms with E-state index in [0.29, 0.717) is 17.4 Å². The second-order valence-corrected chi connectivity index (χ2v) is 5.04. The third-order valence-corrected chi connectivity index (χ3v) is 3.47. The quantitative estimate of drug-likeness (QED) is 0.850. The maximum atomic E-state index is 5.92. The number of anilines is 1. The zero-order valence-electron chi connectivity index (χ0n) is 11.3. The van der Waals surface area contributed by atoms with Gasteiger partial charge in [-0.2, -0.15) is 5.10 Å². The van der Waals surface area contributed by atoms with Crippen LogP contribution in [0.1, 0.15) is 36.0 Å². The van der Waals surface area contributed by atoms with Gasteiger partial charge < -0.3 is 10.5 Å². The number of benzene rings is 1. The lowest BCUT2D eigenvalue weighted by Crippen LogP contribution is -2.01. The fraction of sp³-hybridized carbons (Fsp3) is 0.429. The van der Waals surface area contributed by atoms with Gasteiger partial charge in [0, 0.05) is 19.4 Å². The predicted molar refractivity (Wildman–Crippen MR) is 73.2 cm³/mol. The molecule has 2 aromatic rings. The van der Waals surface area contributed by atoms with E-state index in [9.17, 15) is 0 Å². The molecule has 1 heterocycles. The second-order valence-electron chi connectivity index (χ2n) is 5.04. The van der Waals surface area contributed by atoms with E-state index in [-0.39, 0.29) is 0 Å². The lowest BCUT2D eigenvalue weighted by molar-refractivity contribution is 0.417. The molecule has 1 aliphatic carbocycles. The van der Waals surface area contributed by atoms with Gasteiger partial charge in [0.15, 0.2) is 5.82 Å². The predicted octanol–water partition coefficient (Wildman–Crippen LogP) is 1.87. The normalized spacial score (nSPS) is 14.6. The Morgan fingerprint density at radius 3 is 2.84 bits per heavy atom. The van der Waals surface area contributed by atoms with Crippen molar-refractivity contribution in [2.24, 2.45) is 7.05 Å². The smallest absolute Gasteiger partial charge is 0.154 e. The maximum Gasteiger partial charge on any atom is 0.154 e. The summed E-state index contributed by atoms with van der Waals surface area (Å²) in [7, 11) is 3.57. The number of methoxy groups -OCH3 is 1. The molecular formula is C14H18N4O. The highest BCUT2D eigenvalue weighted by molar-refractivity contribution is 5.54. The first-order valence-electron chi connectivity index (χ1n) is 6.49. The lowest BCUT2D eigenvalue weighted by atomic mass is 10.1. The second kappa shape index (κ2) is 4.57. The number of hydrogen-bond acceptors (Lipinski definition) is 4. The van der Waals surface area contributed by atoms with E-state index in [1.54, 1.807) is 7.11 Å². The lowest BCUT2D eigenvalue weighted by Gasteiger charge is -2.06. The van der Waals surface area contributed by atoms with Crippen LogP contribution in [0.15, 0.2) is 18.2 Å². The highest BCUT2D eigenvalue weighted by Crippen LogP contribution is 2.38. The number of hydrogen-bond donors (Lipinski definition) is 1. The summed E-state index contributed by atoms with van der Waals surface area (Å²) in [6.07, 6.45) is 3.18. The molecule has 1 aliphatic rings. The Bertz CT molecular complexity index is 601. The van der Waals surface area contributed by atoms with Crippen molar-refractivity contribution in [3.8, 4) is 5.75 Å². The summed E-state index contributed by atoms with van der Waals surface area (Å²) in [6, 6.07) is 5.84. The fourth-order valence-electron chi connectivity index (χ4n) is 2.18. The largest absolute Gasteiger partial charge is 0.495 e. The van der Waals surface area contributed by atoms with Gasteiger partial charge in [-0.15, -0.1) is 0 Å². The molecule has 5 nitrogen and oxygen atoms in total. The van der Waals surface area contributed by atoms with Crippen LogP contribution in [-0.4, -0.2) is 21.9 Å². The van der Waals surface area contributed by atoms with Crippen molar-refractivity contribution < 1.29 is 4.74 Å². The zero-order chi connectivity index (χ0) is 13.4. The van der Waals surface area contributed by atoms with E-state index in [4.69, 9.17) is 10.5 Å². The highest BCUT2D eigenvalue weighted by atomic mass is 16.5. The third-order valence-electron chi connectivity index (χ3n) is 3.47. The summed E-state index contributed by atoms with van der Waals surface area (Å²) in [5.41, 5.74) is 7.70. The Kier molecular flexibility index (Phi) is 2.89. The molecule has 0 bridgehead atoms. The average molecular weight is 258 g/mol. The SMILES string of the molecule is COc1ccc(Cc2nc(C3CC3)nn2C)cc1N. The van der Waals surface area contributed by atoms with E-state index < -0.39 is 0 Å². The molecule has 100 valence electrons. The number of ether oxygens (including phenoxy) is 1. The number of nitrogen functional groups attached to an aromatic ring is 1. The van der Waals surface area contributed by atoms with Gasteiger partial charge in [0.25, 0.3) is 0 Å². The number of rotatable bonds is 4. The van der Waals surface area contributed by atoms with E-state index in [1.807, 2.05) is 29.9 Å². The summed E-state index contributed by atoms with van der Waals surface area (Å²) >= 11 is 0. The summed E-state index contributed by atoms with van der Waals surface area (Å²) in [5.74, 6) is 3.26. The van der Waals surface area contributed by atoms with Crippen LogP contribution < -0.4 is 10.5 Å². The molecule has 3 rings (SSSR count). The monoisotopic (exact) mass is 258 g/mol. The Hall–Kier alpha value is -2.04. The molecule has 1 saturated carbocycles. The van der Waals surface area contributed by atoms with Crippen molar-refractivity contribution in [3.63, 3.8) is 0 Å². The standard InChI is InChI=1S/C14H18N4O/c1-18-13(16-14(17-18)10-4-5-10)8-9-3-6-12(19-2)11(15)7-9/h3,6-7,10H,4-5,8,15H2,1-2H3. The number of nitrogens with two attached hydrogens (primary N) is 1. The van der Waals surface area contributed by atoms with E-state index >= 15 is 0 Å². The van der Waals surface area contributed by atoms with E-state index in [1.165, 1.54) is 12.8 Å². The van der Waals surface area contributed by atoms with Crippen LogP contribution in [0.4, 0.5) is 5.69 Å². The molecule has 1 fully saturated rings. The molecule has 1 aromatic heterocycles. The van der Waals surface area contributed by atoms with Crippen LogP contribution in [0.2, 0.25) is 0 Å². The minimum absolute atomic E-state index is 0.584. The molecule has 0 unspecified atom stereocenters. The topological polar surface area (TPSA) is 66.0 Å². The molecule has 5 heteroatoms. The van der Waals surface area contributed by atoms with Crippen LogP contribution >= 0.6 is 0 Å². The van der Waals surface area contributed by atoms with E-state index in [2.05, 4.69) is 10.1 Å². The van der Waals surface area contributed by atoms with Gasteiger partial charge in [-0.3, -0.25) is 4.68 Å². The Morgan fingerprint density at radius 2 is 2.21 bits per heavy atom. The third kappa shape index (κ3) is 2.41. The number of aryl methyl sites for hydroxylation is 1. The Morgan fingerprint density at radius 1 is 1.42 bits per heavy atom. The summed E-state index contributed by atoms with van der Waals surface area (Å²) in [6.45, 7) is 0. The minimum Gasteiger partial charge on any atom is -0.495 e. The van der Waals surface area contributed by atoms with E-state index in [0.717, 1.165) is 23.6 Å². The first-order valence-corrected chi connectivity index (χ1v) is 6.49. The first kappa shape index (κ1) is 12.0. The van der Waals surface area contributed by atoms with Gasteiger partial charge in [0.1, 0.15) is 11.6 Å². The van der Waals surface area contributed by atoms with Gasteiger partial charge in [0.05, 0.1) is 12.8 Å². The van der Waals surface area contributed by atoms with Crippen molar-refractivity contribution in [1.82, 2.24) is 14.8 Å². The Balaban J connectivity index is 1.82. The van der Waals surface area contributed by atoms with Gasteiger partial charge in [-0.05, 0) is 30.5 Å². The molecule has 0 radical (unpaired) electrons. The molecule has 0 amide bonds. The molecule has 0 saturated heterocycles. The van der Waals surface area contributed by atoms with Crippen molar-refractivity contribution in [2.75, 3.05) is 12.8 Å².